The predicted octanol–water partition coefficient (Wildman–Crippen LogP) is 5.08. The summed E-state index contributed by atoms with van der Waals surface area (Å²) in [5.74, 6) is 0. The van der Waals surface area contributed by atoms with E-state index in [1.165, 1.54) is 6.08 Å². The Morgan fingerprint density at radius 1 is 1.10 bits per heavy atom. The zero-order valence-electron chi connectivity index (χ0n) is 11.6. The van der Waals surface area contributed by atoms with Gasteiger partial charge in [0.15, 0.2) is 0 Å². The lowest BCUT2D eigenvalue weighted by atomic mass is 9.82. The second kappa shape index (κ2) is 8.50. The van der Waals surface area contributed by atoms with Crippen LogP contribution >= 0.6 is 0 Å². The summed E-state index contributed by atoms with van der Waals surface area (Å²) >= 11 is 0. The topological polar surface area (TPSA) is 23.8 Å². The number of allylic oxidation sites excluding steroid dienone is 7. The first-order chi connectivity index (χ1) is 9.76. The van der Waals surface area contributed by atoms with Gasteiger partial charge >= 0.3 is 0 Å². The molecule has 20 heavy (non-hydrogen) atoms. The van der Waals surface area contributed by atoms with Crippen LogP contribution in [0, 0.1) is 16.7 Å². The second-order valence-electron chi connectivity index (χ2n) is 4.41. The van der Waals surface area contributed by atoms with Crippen LogP contribution in [0.15, 0.2) is 86.0 Å². The molecule has 1 aromatic rings. The average molecular weight is 261 g/mol. The first-order valence-corrected chi connectivity index (χ1v) is 6.49. The van der Waals surface area contributed by atoms with Crippen molar-refractivity contribution in [1.82, 2.24) is 0 Å². The third-order valence-corrected chi connectivity index (χ3v) is 2.89. The quantitative estimate of drug-likeness (QED) is 0.381. The Morgan fingerprint density at radius 2 is 1.85 bits per heavy atom. The van der Waals surface area contributed by atoms with Gasteiger partial charge in [-0.3, -0.25) is 0 Å². The van der Waals surface area contributed by atoms with Gasteiger partial charge in [0.2, 0.25) is 0 Å². The molecule has 1 heteroatoms. The zero-order chi connectivity index (χ0) is 14.7. The fourth-order valence-corrected chi connectivity index (χ4v) is 1.88. The summed E-state index contributed by atoms with van der Waals surface area (Å²) in [4.78, 5) is 0. The Hall–Kier alpha value is -2.59. The summed E-state index contributed by atoms with van der Waals surface area (Å²) in [5.41, 5.74) is 0.778. The fourth-order valence-electron chi connectivity index (χ4n) is 1.88. The summed E-state index contributed by atoms with van der Waals surface area (Å²) in [6.45, 7) is 7.50. The van der Waals surface area contributed by atoms with Crippen LogP contribution < -0.4 is 0 Å². The average Bonchev–Trinajstić information content (AvgIpc) is 2.50. The maximum Gasteiger partial charge on any atom is 0.0909 e. The van der Waals surface area contributed by atoms with Gasteiger partial charge in [0.05, 0.1) is 6.07 Å². The van der Waals surface area contributed by atoms with E-state index in [0.717, 1.165) is 12.0 Å². The van der Waals surface area contributed by atoms with E-state index in [1.807, 2.05) is 60.7 Å². The summed E-state index contributed by atoms with van der Waals surface area (Å²) in [6.07, 6.45) is 15.7. The maximum absolute atomic E-state index is 8.78. The number of nitriles is 1. The molecule has 1 aromatic carbocycles. The van der Waals surface area contributed by atoms with E-state index in [9.17, 15) is 0 Å². The van der Waals surface area contributed by atoms with Crippen molar-refractivity contribution in [3.63, 3.8) is 0 Å². The summed E-state index contributed by atoms with van der Waals surface area (Å²) < 4.78 is 0. The molecule has 0 aliphatic rings. The molecule has 1 unspecified atom stereocenters. The lowest BCUT2D eigenvalue weighted by Crippen LogP contribution is -2.10. The Bertz CT molecular complexity index is 555. The molecule has 0 N–H and O–H groups in total. The van der Waals surface area contributed by atoms with Crippen LogP contribution in [0.4, 0.5) is 0 Å². The molecule has 0 spiro atoms. The molecular weight excluding hydrogens is 242 g/mol. The lowest BCUT2D eigenvalue weighted by molar-refractivity contribution is 0.645. The van der Waals surface area contributed by atoms with Gasteiger partial charge in [-0.2, -0.15) is 5.26 Å². The first kappa shape index (κ1) is 15.5. The van der Waals surface area contributed by atoms with Crippen molar-refractivity contribution < 1.29 is 0 Å². The minimum atomic E-state index is -0.346. The number of hydrogen-bond acceptors (Lipinski definition) is 1. The van der Waals surface area contributed by atoms with Crippen LogP contribution in [0.3, 0.4) is 0 Å². The van der Waals surface area contributed by atoms with Gasteiger partial charge in [-0.25, -0.2) is 0 Å². The van der Waals surface area contributed by atoms with E-state index in [2.05, 4.69) is 25.3 Å². The number of nitrogens with zero attached hydrogens (tertiary/aromatic N) is 1. The monoisotopic (exact) mass is 261 g/mol. The normalized spacial score (nSPS) is 14.3. The van der Waals surface area contributed by atoms with Gasteiger partial charge < -0.3 is 0 Å². The highest BCUT2D eigenvalue weighted by atomic mass is 14.2. The Kier molecular flexibility index (Phi) is 6.57. The molecule has 0 radical (unpaired) electrons. The summed E-state index contributed by atoms with van der Waals surface area (Å²) in [7, 11) is 0. The Morgan fingerprint density at radius 3 is 2.45 bits per heavy atom. The lowest BCUT2D eigenvalue weighted by Gasteiger charge is -2.21. The molecule has 1 nitrogen and oxygen atoms in total. The zero-order valence-corrected chi connectivity index (χ0v) is 11.6. The molecule has 0 amide bonds. The van der Waals surface area contributed by atoms with Gasteiger partial charge in [0, 0.05) is 11.5 Å². The SMILES string of the molecule is C=CC=CC(C=CC#N)(C=Cc1ccccc1)CC=C. The first-order valence-electron chi connectivity index (χ1n) is 6.49. The van der Waals surface area contributed by atoms with Crippen LogP contribution in [0.1, 0.15) is 12.0 Å². The minimum Gasteiger partial charge on any atom is -0.193 e. The highest BCUT2D eigenvalue weighted by Gasteiger charge is 2.18. The van der Waals surface area contributed by atoms with Crippen LogP contribution in [-0.2, 0) is 0 Å². The standard InChI is InChI=1S/C19H19N/c1-3-5-14-19(13-4-2,15-9-17-20)16-12-18-10-7-6-8-11-18/h3-12,14-16H,1-2,13H2. The fraction of sp³-hybridized carbons (Fsp3) is 0.105. The number of rotatable bonds is 7. The largest absolute Gasteiger partial charge is 0.193 e. The third-order valence-electron chi connectivity index (χ3n) is 2.89. The predicted molar refractivity (Wildman–Crippen MR) is 86.8 cm³/mol. The van der Waals surface area contributed by atoms with Gasteiger partial charge in [-0.1, -0.05) is 79.4 Å². The minimum absolute atomic E-state index is 0.346. The molecule has 0 saturated carbocycles. The summed E-state index contributed by atoms with van der Waals surface area (Å²) in [5, 5.41) is 8.78. The van der Waals surface area contributed by atoms with Crippen molar-refractivity contribution in [3.05, 3.63) is 91.6 Å². The van der Waals surface area contributed by atoms with E-state index in [0.29, 0.717) is 0 Å². The van der Waals surface area contributed by atoms with Gasteiger partial charge in [-0.05, 0) is 12.0 Å². The highest BCUT2D eigenvalue weighted by molar-refractivity contribution is 5.51. The van der Waals surface area contributed by atoms with E-state index < -0.39 is 0 Å². The maximum atomic E-state index is 8.78. The smallest absolute Gasteiger partial charge is 0.0909 e. The molecule has 0 aliphatic heterocycles. The molecular formula is C19H19N. The van der Waals surface area contributed by atoms with Crippen molar-refractivity contribution >= 4 is 6.08 Å². The Labute approximate surface area is 121 Å². The van der Waals surface area contributed by atoms with E-state index in [4.69, 9.17) is 5.26 Å². The van der Waals surface area contributed by atoms with Crippen molar-refractivity contribution in [1.29, 1.82) is 5.26 Å². The van der Waals surface area contributed by atoms with Gasteiger partial charge in [0.25, 0.3) is 0 Å². The molecule has 0 aliphatic carbocycles. The van der Waals surface area contributed by atoms with E-state index in [-0.39, 0.29) is 5.41 Å². The molecule has 0 bridgehead atoms. The molecule has 1 rings (SSSR count). The van der Waals surface area contributed by atoms with Crippen molar-refractivity contribution in [3.8, 4) is 6.07 Å². The number of hydrogen-bond donors (Lipinski definition) is 0. The van der Waals surface area contributed by atoms with Crippen molar-refractivity contribution in [2.75, 3.05) is 0 Å². The van der Waals surface area contributed by atoms with Gasteiger partial charge in [0.1, 0.15) is 0 Å². The third kappa shape index (κ3) is 4.96. The number of benzene rings is 1. The van der Waals surface area contributed by atoms with Crippen LogP contribution in [0.25, 0.3) is 6.08 Å². The molecule has 0 saturated heterocycles. The van der Waals surface area contributed by atoms with Crippen LogP contribution in [-0.4, -0.2) is 0 Å². The molecule has 0 heterocycles. The molecule has 1 atom stereocenters. The Balaban J connectivity index is 3.13. The summed E-state index contributed by atoms with van der Waals surface area (Å²) in [6, 6.07) is 12.1. The molecule has 0 aromatic heterocycles. The van der Waals surface area contributed by atoms with Gasteiger partial charge in [-0.15, -0.1) is 6.58 Å². The van der Waals surface area contributed by atoms with Crippen LogP contribution in [0.5, 0.6) is 0 Å². The highest BCUT2D eigenvalue weighted by Crippen LogP contribution is 2.29. The van der Waals surface area contributed by atoms with Crippen LogP contribution in [0.2, 0.25) is 0 Å². The molecule has 100 valence electrons. The van der Waals surface area contributed by atoms with E-state index in [1.54, 1.807) is 6.08 Å². The molecule has 0 fully saturated rings. The van der Waals surface area contributed by atoms with Crippen molar-refractivity contribution in [2.24, 2.45) is 5.41 Å². The van der Waals surface area contributed by atoms with E-state index >= 15 is 0 Å². The second-order valence-corrected chi connectivity index (χ2v) is 4.41. The van der Waals surface area contributed by atoms with Crippen molar-refractivity contribution in [2.45, 2.75) is 6.42 Å².